The second kappa shape index (κ2) is 50.7. The van der Waals surface area contributed by atoms with E-state index < -0.39 is 12.1 Å². The fourth-order valence-electron chi connectivity index (χ4n) is 8.02. The van der Waals surface area contributed by atoms with Gasteiger partial charge in [-0.25, -0.2) is 0 Å². The van der Waals surface area contributed by atoms with Gasteiger partial charge >= 0.3 is 5.97 Å². The van der Waals surface area contributed by atoms with Crippen molar-refractivity contribution in [1.82, 2.24) is 5.32 Å². The number of ether oxygens (including phenoxy) is 1. The number of esters is 1. The van der Waals surface area contributed by atoms with E-state index in [1.165, 1.54) is 173 Å². The van der Waals surface area contributed by atoms with Gasteiger partial charge in [-0.1, -0.05) is 217 Å². The van der Waals surface area contributed by atoms with Crippen molar-refractivity contribution < 1.29 is 24.5 Å². The van der Waals surface area contributed by atoms with Crippen molar-refractivity contribution in [2.24, 2.45) is 0 Å². The summed E-state index contributed by atoms with van der Waals surface area (Å²) in [6.45, 7) is 4.89. The Morgan fingerprint density at radius 3 is 1.28 bits per heavy atom. The summed E-state index contributed by atoms with van der Waals surface area (Å²) in [5.41, 5.74) is 0. The number of hydrogen-bond acceptors (Lipinski definition) is 5. The number of aliphatic hydroxyl groups is 2. The first-order chi connectivity index (χ1) is 30.0. The van der Waals surface area contributed by atoms with Crippen LogP contribution in [0.3, 0.4) is 0 Å². The highest BCUT2D eigenvalue weighted by Crippen LogP contribution is 2.16. The van der Waals surface area contributed by atoms with Crippen molar-refractivity contribution in [3.63, 3.8) is 0 Å². The fourth-order valence-corrected chi connectivity index (χ4v) is 8.02. The maximum absolute atomic E-state index is 12.4. The Morgan fingerprint density at radius 1 is 0.459 bits per heavy atom. The minimum atomic E-state index is -0.674. The number of carbonyl (C=O) groups is 2. The molecule has 0 aliphatic heterocycles. The van der Waals surface area contributed by atoms with Gasteiger partial charge in [0.05, 0.1) is 25.4 Å². The standard InChI is InChI=1S/C55H103NO5/c1-3-5-7-9-11-13-15-17-18-22-25-29-33-37-41-45-49-55(60)61-50-46-42-38-34-30-26-23-20-19-21-24-28-32-36-40-44-48-54(59)56-52(51-57)53(58)47-43-39-35-31-27-16-14-12-10-8-6-4-2/h13,15,18-19,21-22,52-53,57-58H,3-12,14,16-17,20,23-51H2,1-2H3,(H,56,59)/b15-13-,21-19-,22-18-. The molecule has 0 rings (SSSR count). The maximum atomic E-state index is 12.4. The molecule has 0 heterocycles. The van der Waals surface area contributed by atoms with Crippen LogP contribution in [0.25, 0.3) is 0 Å². The van der Waals surface area contributed by atoms with E-state index in [0.29, 0.717) is 25.9 Å². The maximum Gasteiger partial charge on any atom is 0.305 e. The van der Waals surface area contributed by atoms with Gasteiger partial charge in [0.2, 0.25) is 5.91 Å². The Balaban J connectivity index is 3.47. The number of amides is 1. The average Bonchev–Trinajstić information content (AvgIpc) is 3.26. The van der Waals surface area contributed by atoms with Gasteiger partial charge in [0.1, 0.15) is 0 Å². The van der Waals surface area contributed by atoms with Gasteiger partial charge in [-0.3, -0.25) is 9.59 Å². The summed E-state index contributed by atoms with van der Waals surface area (Å²) < 4.78 is 5.46. The van der Waals surface area contributed by atoms with Crippen LogP contribution in [-0.2, 0) is 14.3 Å². The third-order valence-electron chi connectivity index (χ3n) is 12.2. The van der Waals surface area contributed by atoms with Crippen LogP contribution >= 0.6 is 0 Å². The molecule has 0 bridgehead atoms. The zero-order chi connectivity index (χ0) is 44.4. The van der Waals surface area contributed by atoms with Crippen LogP contribution in [0.1, 0.15) is 277 Å². The van der Waals surface area contributed by atoms with Crippen molar-refractivity contribution in [2.45, 2.75) is 289 Å². The summed E-state index contributed by atoms with van der Waals surface area (Å²) >= 11 is 0. The van der Waals surface area contributed by atoms with Gasteiger partial charge in [-0.05, 0) is 83.5 Å². The van der Waals surface area contributed by atoms with E-state index in [-0.39, 0.29) is 18.5 Å². The number of aliphatic hydroxyl groups excluding tert-OH is 2. The second-order valence-electron chi connectivity index (χ2n) is 18.2. The van der Waals surface area contributed by atoms with Crippen molar-refractivity contribution in [1.29, 1.82) is 0 Å². The predicted molar refractivity (Wildman–Crippen MR) is 264 cm³/mol. The normalized spacial score (nSPS) is 12.9. The SMILES string of the molecule is CCCCCC/C=C\C/C=C\CCCCCCCC(=O)OCCCCCCCCC/C=C\CCCCCCCC(=O)NC(CO)C(O)CCCCCCCCCCCCCC. The monoisotopic (exact) mass is 858 g/mol. The number of unbranched alkanes of at least 4 members (excludes halogenated alkanes) is 32. The summed E-state index contributed by atoms with van der Waals surface area (Å²) in [5.74, 6) is -0.0705. The zero-order valence-corrected chi connectivity index (χ0v) is 40.6. The lowest BCUT2D eigenvalue weighted by atomic mass is 10.0. The van der Waals surface area contributed by atoms with Crippen molar-refractivity contribution >= 4 is 11.9 Å². The van der Waals surface area contributed by atoms with Crippen molar-refractivity contribution in [3.8, 4) is 0 Å². The Bertz CT molecular complexity index is 993. The molecule has 3 N–H and O–H groups in total. The third kappa shape index (κ3) is 47.4. The van der Waals surface area contributed by atoms with Crippen LogP contribution < -0.4 is 5.32 Å². The smallest absolute Gasteiger partial charge is 0.305 e. The highest BCUT2D eigenvalue weighted by atomic mass is 16.5. The van der Waals surface area contributed by atoms with Gasteiger partial charge in [-0.15, -0.1) is 0 Å². The van der Waals surface area contributed by atoms with Crippen molar-refractivity contribution in [3.05, 3.63) is 36.5 Å². The molecular weight excluding hydrogens is 755 g/mol. The fraction of sp³-hybridized carbons (Fsp3) is 0.855. The highest BCUT2D eigenvalue weighted by Gasteiger charge is 2.20. The molecule has 6 nitrogen and oxygen atoms in total. The molecule has 0 aliphatic rings. The molecular formula is C55H103NO5. The largest absolute Gasteiger partial charge is 0.466 e. The first-order valence-corrected chi connectivity index (χ1v) is 26.7. The average molecular weight is 858 g/mol. The van der Waals surface area contributed by atoms with E-state index >= 15 is 0 Å². The van der Waals surface area contributed by atoms with Crippen molar-refractivity contribution in [2.75, 3.05) is 13.2 Å². The molecule has 0 saturated heterocycles. The van der Waals surface area contributed by atoms with Crippen LogP contribution in [0.4, 0.5) is 0 Å². The molecule has 0 aromatic carbocycles. The number of hydrogen-bond donors (Lipinski definition) is 3. The minimum absolute atomic E-state index is 0.0168. The Morgan fingerprint density at radius 2 is 0.820 bits per heavy atom. The molecule has 1 amide bonds. The first kappa shape index (κ1) is 59.1. The lowest BCUT2D eigenvalue weighted by Gasteiger charge is -2.22. The zero-order valence-electron chi connectivity index (χ0n) is 40.6. The lowest BCUT2D eigenvalue weighted by Crippen LogP contribution is -2.45. The molecule has 0 aromatic heterocycles. The Kier molecular flexibility index (Phi) is 49.1. The highest BCUT2D eigenvalue weighted by molar-refractivity contribution is 5.76. The molecule has 0 radical (unpaired) electrons. The van der Waals surface area contributed by atoms with Crippen LogP contribution in [0.15, 0.2) is 36.5 Å². The first-order valence-electron chi connectivity index (χ1n) is 26.7. The van der Waals surface area contributed by atoms with E-state index in [1.54, 1.807) is 0 Å². The third-order valence-corrected chi connectivity index (χ3v) is 12.2. The van der Waals surface area contributed by atoms with Gasteiger partial charge in [0.25, 0.3) is 0 Å². The molecule has 6 heteroatoms. The van der Waals surface area contributed by atoms with Crippen LogP contribution in [0.5, 0.6) is 0 Å². The van der Waals surface area contributed by atoms with E-state index in [0.717, 1.165) is 70.6 Å². The second-order valence-corrected chi connectivity index (χ2v) is 18.2. The molecule has 0 spiro atoms. The molecule has 358 valence electrons. The van der Waals surface area contributed by atoms with Gasteiger partial charge in [0, 0.05) is 12.8 Å². The summed E-state index contributed by atoms with van der Waals surface area (Å²) in [5, 5.41) is 23.2. The van der Waals surface area contributed by atoms with Gasteiger partial charge in [0.15, 0.2) is 0 Å². The number of allylic oxidation sites excluding steroid dienone is 6. The molecule has 61 heavy (non-hydrogen) atoms. The summed E-state index contributed by atoms with van der Waals surface area (Å²) in [6.07, 6.45) is 61.2. The van der Waals surface area contributed by atoms with Crippen LogP contribution in [0, 0.1) is 0 Å². The van der Waals surface area contributed by atoms with E-state index in [9.17, 15) is 19.8 Å². The molecule has 0 saturated carbocycles. The molecule has 2 atom stereocenters. The quantitative estimate of drug-likeness (QED) is 0.0322. The van der Waals surface area contributed by atoms with Gasteiger partial charge < -0.3 is 20.3 Å². The summed E-state index contributed by atoms with van der Waals surface area (Å²) in [7, 11) is 0. The van der Waals surface area contributed by atoms with E-state index in [4.69, 9.17) is 4.74 Å². The predicted octanol–water partition coefficient (Wildman–Crippen LogP) is 16.1. The summed E-state index contributed by atoms with van der Waals surface area (Å²) in [4.78, 5) is 24.5. The van der Waals surface area contributed by atoms with E-state index in [1.807, 2.05) is 0 Å². The van der Waals surface area contributed by atoms with Crippen LogP contribution in [-0.4, -0.2) is 47.4 Å². The molecule has 0 aliphatic carbocycles. The number of rotatable bonds is 49. The van der Waals surface area contributed by atoms with Crippen LogP contribution in [0.2, 0.25) is 0 Å². The Labute approximate surface area is 379 Å². The Hall–Kier alpha value is -1.92. The topological polar surface area (TPSA) is 95.9 Å². The summed E-state index contributed by atoms with van der Waals surface area (Å²) in [6, 6.07) is -0.553. The minimum Gasteiger partial charge on any atom is -0.466 e. The van der Waals surface area contributed by atoms with E-state index in [2.05, 4.69) is 55.6 Å². The number of carbonyl (C=O) groups excluding carboxylic acids is 2. The van der Waals surface area contributed by atoms with Gasteiger partial charge in [-0.2, -0.15) is 0 Å². The molecule has 0 aromatic rings. The molecule has 0 fully saturated rings. The molecule has 2 unspecified atom stereocenters. The number of nitrogens with one attached hydrogen (secondary N) is 1. The lowest BCUT2D eigenvalue weighted by molar-refractivity contribution is -0.143.